The van der Waals surface area contributed by atoms with Gasteiger partial charge in [0.05, 0.1) is 0 Å². The number of rotatable bonds is 2. The predicted octanol–water partition coefficient (Wildman–Crippen LogP) is 4.31. The van der Waals surface area contributed by atoms with Gasteiger partial charge in [-0.2, -0.15) is 13.2 Å². The van der Waals surface area contributed by atoms with Crippen LogP contribution >= 0.6 is 0 Å². The Bertz CT molecular complexity index is 867. The molecule has 0 aliphatic heterocycles. The van der Waals surface area contributed by atoms with Crippen molar-refractivity contribution in [2.75, 3.05) is 0 Å². The van der Waals surface area contributed by atoms with E-state index in [1.807, 2.05) is 0 Å². The van der Waals surface area contributed by atoms with Gasteiger partial charge in [0.25, 0.3) is 0 Å². The molecule has 3 aromatic rings. The van der Waals surface area contributed by atoms with Crippen LogP contribution in [0.2, 0.25) is 0 Å². The van der Waals surface area contributed by atoms with Crippen molar-refractivity contribution in [3.8, 4) is 16.9 Å². The van der Waals surface area contributed by atoms with Gasteiger partial charge in [-0.25, -0.2) is 0 Å². The van der Waals surface area contributed by atoms with E-state index in [1.54, 1.807) is 0 Å². The lowest BCUT2D eigenvalue weighted by Crippen LogP contribution is -2.16. The Morgan fingerprint density at radius 1 is 0.833 bits per heavy atom. The fourth-order valence-electron chi connectivity index (χ4n) is 2.11. The van der Waals surface area contributed by atoms with Crippen LogP contribution in [0.15, 0.2) is 42.6 Å². The molecule has 0 saturated heterocycles. The minimum Gasteiger partial charge on any atom is -0.406 e. The van der Waals surface area contributed by atoms with Crippen LogP contribution in [0.25, 0.3) is 16.8 Å². The van der Waals surface area contributed by atoms with Gasteiger partial charge in [0.15, 0.2) is 5.65 Å². The highest BCUT2D eigenvalue weighted by atomic mass is 19.4. The summed E-state index contributed by atoms with van der Waals surface area (Å²) >= 11 is 0. The summed E-state index contributed by atoms with van der Waals surface area (Å²) in [7, 11) is 0. The standard InChI is InChI=1S/C14H7F6N3O/c15-13(16,17)12-22-21-11-7-9(5-6-23(11)12)8-1-3-10(4-2-8)24-14(18,19)20/h1-7H. The molecule has 0 saturated carbocycles. The minimum absolute atomic E-state index is 0.0320. The summed E-state index contributed by atoms with van der Waals surface area (Å²) in [6.07, 6.45) is -8.29. The van der Waals surface area contributed by atoms with Crippen molar-refractivity contribution in [1.82, 2.24) is 14.6 Å². The van der Waals surface area contributed by atoms with E-state index in [0.29, 0.717) is 11.1 Å². The van der Waals surface area contributed by atoms with Crippen molar-refractivity contribution in [2.45, 2.75) is 12.5 Å². The second-order valence-electron chi connectivity index (χ2n) is 4.74. The molecule has 0 fully saturated rings. The summed E-state index contributed by atoms with van der Waals surface area (Å²) in [5.74, 6) is -1.55. The zero-order chi connectivity index (χ0) is 17.5. The van der Waals surface area contributed by atoms with Gasteiger partial charge in [0.2, 0.25) is 5.82 Å². The number of nitrogens with zero attached hydrogens (tertiary/aromatic N) is 3. The van der Waals surface area contributed by atoms with Crippen LogP contribution in [0.1, 0.15) is 5.82 Å². The predicted molar refractivity (Wildman–Crippen MR) is 70.1 cm³/mol. The molecule has 0 N–H and O–H groups in total. The Morgan fingerprint density at radius 3 is 2.08 bits per heavy atom. The molecule has 0 bridgehead atoms. The summed E-state index contributed by atoms with van der Waals surface area (Å²) in [5, 5.41) is 6.56. The molecule has 126 valence electrons. The third-order valence-corrected chi connectivity index (χ3v) is 3.08. The summed E-state index contributed by atoms with van der Waals surface area (Å²) in [6, 6.07) is 7.66. The van der Waals surface area contributed by atoms with Crippen molar-refractivity contribution in [3.63, 3.8) is 0 Å². The molecule has 24 heavy (non-hydrogen) atoms. The van der Waals surface area contributed by atoms with Gasteiger partial charge >= 0.3 is 12.5 Å². The normalized spacial score (nSPS) is 12.6. The number of ether oxygens (including phenoxy) is 1. The Kier molecular flexibility index (Phi) is 3.61. The van der Waals surface area contributed by atoms with Crippen LogP contribution in [0.5, 0.6) is 5.75 Å². The molecule has 0 amide bonds. The van der Waals surface area contributed by atoms with Crippen molar-refractivity contribution >= 4 is 5.65 Å². The first-order valence-electron chi connectivity index (χ1n) is 6.42. The number of hydrogen-bond acceptors (Lipinski definition) is 3. The Morgan fingerprint density at radius 2 is 1.50 bits per heavy atom. The maximum Gasteiger partial charge on any atom is 0.573 e. The van der Waals surface area contributed by atoms with Crippen LogP contribution < -0.4 is 4.74 Å². The van der Waals surface area contributed by atoms with Crippen LogP contribution in [0.4, 0.5) is 26.3 Å². The van der Waals surface area contributed by atoms with Crippen molar-refractivity contribution in [3.05, 3.63) is 48.4 Å². The molecule has 0 atom stereocenters. The van der Waals surface area contributed by atoms with E-state index in [9.17, 15) is 26.3 Å². The molecule has 10 heteroatoms. The maximum atomic E-state index is 12.7. The molecular formula is C14H7F6N3O. The number of halogens is 6. The monoisotopic (exact) mass is 347 g/mol. The van der Waals surface area contributed by atoms with E-state index in [2.05, 4.69) is 14.9 Å². The average Bonchev–Trinajstić information content (AvgIpc) is 2.89. The zero-order valence-electron chi connectivity index (χ0n) is 11.6. The van der Waals surface area contributed by atoms with E-state index in [-0.39, 0.29) is 5.65 Å². The molecule has 2 heterocycles. The lowest BCUT2D eigenvalue weighted by molar-refractivity contribution is -0.274. The number of hydrogen-bond donors (Lipinski definition) is 0. The third kappa shape index (κ3) is 3.26. The lowest BCUT2D eigenvalue weighted by Gasteiger charge is -2.09. The average molecular weight is 347 g/mol. The van der Waals surface area contributed by atoms with E-state index >= 15 is 0 Å². The van der Waals surface area contributed by atoms with Crippen molar-refractivity contribution in [2.24, 2.45) is 0 Å². The number of benzene rings is 1. The van der Waals surface area contributed by atoms with Crippen LogP contribution in [0.3, 0.4) is 0 Å². The number of alkyl halides is 6. The van der Waals surface area contributed by atoms with Crippen LogP contribution in [0, 0.1) is 0 Å². The first kappa shape index (κ1) is 16.1. The number of aromatic nitrogens is 3. The molecule has 0 spiro atoms. The third-order valence-electron chi connectivity index (χ3n) is 3.08. The molecule has 3 rings (SSSR count). The lowest BCUT2D eigenvalue weighted by atomic mass is 10.1. The zero-order valence-corrected chi connectivity index (χ0v) is 11.6. The highest BCUT2D eigenvalue weighted by Gasteiger charge is 2.36. The van der Waals surface area contributed by atoms with Crippen LogP contribution in [-0.4, -0.2) is 21.0 Å². The molecule has 1 aromatic carbocycles. The van der Waals surface area contributed by atoms with Gasteiger partial charge in [-0.1, -0.05) is 12.1 Å². The number of fused-ring (bicyclic) bond motifs is 1. The largest absolute Gasteiger partial charge is 0.573 e. The summed E-state index contributed by atoms with van der Waals surface area (Å²) in [5.41, 5.74) is 0.932. The van der Waals surface area contributed by atoms with Crippen molar-refractivity contribution in [1.29, 1.82) is 0 Å². The van der Waals surface area contributed by atoms with Gasteiger partial charge in [-0.3, -0.25) is 4.40 Å². The quantitative estimate of drug-likeness (QED) is 0.649. The van der Waals surface area contributed by atoms with Gasteiger partial charge in [-0.15, -0.1) is 23.4 Å². The smallest absolute Gasteiger partial charge is 0.406 e. The first-order chi connectivity index (χ1) is 11.1. The van der Waals surface area contributed by atoms with E-state index in [1.165, 1.54) is 24.3 Å². The Hall–Kier alpha value is -2.78. The SMILES string of the molecule is FC(F)(F)Oc1ccc(-c2ccn3c(C(F)(F)F)nnc3c2)cc1. The molecule has 4 nitrogen and oxygen atoms in total. The van der Waals surface area contributed by atoms with E-state index < -0.39 is 24.1 Å². The second kappa shape index (κ2) is 5.39. The van der Waals surface area contributed by atoms with E-state index in [4.69, 9.17) is 0 Å². The van der Waals surface area contributed by atoms with Gasteiger partial charge in [0.1, 0.15) is 5.75 Å². The van der Waals surface area contributed by atoms with Crippen molar-refractivity contribution < 1.29 is 31.1 Å². The maximum absolute atomic E-state index is 12.7. The highest BCUT2D eigenvalue weighted by Crippen LogP contribution is 2.30. The fourth-order valence-corrected chi connectivity index (χ4v) is 2.11. The van der Waals surface area contributed by atoms with Gasteiger partial charge in [-0.05, 0) is 35.4 Å². The first-order valence-corrected chi connectivity index (χ1v) is 6.42. The minimum atomic E-state index is -4.80. The molecule has 0 aliphatic carbocycles. The molecular weight excluding hydrogens is 340 g/mol. The van der Waals surface area contributed by atoms with E-state index in [0.717, 1.165) is 22.7 Å². The fraction of sp³-hybridized carbons (Fsp3) is 0.143. The molecule has 0 unspecified atom stereocenters. The molecule has 2 aromatic heterocycles. The van der Waals surface area contributed by atoms with Gasteiger partial charge in [0, 0.05) is 6.20 Å². The second-order valence-corrected chi connectivity index (χ2v) is 4.74. The summed E-state index contributed by atoms with van der Waals surface area (Å²) < 4.78 is 79.0. The topological polar surface area (TPSA) is 39.4 Å². The van der Waals surface area contributed by atoms with Crippen LogP contribution in [-0.2, 0) is 6.18 Å². The van der Waals surface area contributed by atoms with Gasteiger partial charge < -0.3 is 4.74 Å². The Balaban J connectivity index is 1.93. The highest BCUT2D eigenvalue weighted by molar-refractivity contribution is 5.67. The molecule has 0 aliphatic rings. The summed E-state index contributed by atoms with van der Waals surface area (Å²) in [4.78, 5) is 0. The Labute approximate surface area is 130 Å². The number of pyridine rings is 1. The summed E-state index contributed by atoms with van der Waals surface area (Å²) in [6.45, 7) is 0. The molecule has 0 radical (unpaired) electrons.